The summed E-state index contributed by atoms with van der Waals surface area (Å²) in [6, 6.07) is 4.90. The highest BCUT2D eigenvalue weighted by molar-refractivity contribution is 5.96. The van der Waals surface area contributed by atoms with Crippen LogP contribution in [0.5, 0.6) is 5.75 Å². The average molecular weight is 366 g/mol. The lowest BCUT2D eigenvalue weighted by molar-refractivity contribution is -0.187. The average Bonchev–Trinajstić information content (AvgIpc) is 3.19. The molecule has 1 aromatic carbocycles. The number of carboxylic acids is 1. The molecule has 0 amide bonds. The van der Waals surface area contributed by atoms with Gasteiger partial charge in [0.1, 0.15) is 17.1 Å². The number of aliphatic carboxylic acids is 1. The van der Waals surface area contributed by atoms with Crippen LogP contribution in [0.4, 0.5) is 13.2 Å². The second kappa shape index (κ2) is 6.07. The zero-order chi connectivity index (χ0) is 18.5. The summed E-state index contributed by atoms with van der Waals surface area (Å²) in [7, 11) is 0. The number of furan rings is 1. The van der Waals surface area contributed by atoms with Crippen molar-refractivity contribution in [2.75, 3.05) is 0 Å². The molecule has 4 rings (SSSR count). The molecule has 1 fully saturated rings. The molecular formula is C19H17F3O4. The molecule has 1 aliphatic carbocycles. The number of halogens is 3. The normalized spacial score (nSPS) is 20.7. The summed E-state index contributed by atoms with van der Waals surface area (Å²) in [6.45, 7) is 0. The highest BCUT2D eigenvalue weighted by atomic mass is 19.4. The van der Waals surface area contributed by atoms with Gasteiger partial charge in [-0.05, 0) is 24.1 Å². The summed E-state index contributed by atoms with van der Waals surface area (Å²) >= 11 is 0. The third-order valence-corrected chi connectivity index (χ3v) is 5.05. The van der Waals surface area contributed by atoms with Crippen LogP contribution in [0.2, 0.25) is 0 Å². The van der Waals surface area contributed by atoms with Crippen LogP contribution in [0, 0.1) is 5.92 Å². The van der Waals surface area contributed by atoms with Crippen LogP contribution >= 0.6 is 0 Å². The van der Waals surface area contributed by atoms with Crippen LogP contribution in [0.1, 0.15) is 37.0 Å². The molecule has 2 aromatic rings. The van der Waals surface area contributed by atoms with Gasteiger partial charge in [-0.1, -0.05) is 25.7 Å². The molecule has 138 valence electrons. The summed E-state index contributed by atoms with van der Waals surface area (Å²) in [6.07, 6.45) is -0.706. The number of rotatable bonds is 3. The molecule has 0 spiro atoms. The zero-order valence-electron chi connectivity index (χ0n) is 13.8. The van der Waals surface area contributed by atoms with Gasteiger partial charge in [0.2, 0.25) is 6.10 Å². The standard InChI is InChI=1S/C19H17F3O4/c20-19(21,22)17-14(18(23)24)8-12-6-11-7-13(5-10-3-1-2-4-10)25-15(11)9-16(12)26-17/h6-10,17H,1-5H2,(H,23,24). The van der Waals surface area contributed by atoms with E-state index >= 15 is 0 Å². The Hall–Kier alpha value is -2.44. The fourth-order valence-corrected chi connectivity index (χ4v) is 3.81. The van der Waals surface area contributed by atoms with E-state index in [-0.39, 0.29) is 5.75 Å². The van der Waals surface area contributed by atoms with Gasteiger partial charge in [0.25, 0.3) is 0 Å². The van der Waals surface area contributed by atoms with Crippen molar-refractivity contribution in [3.63, 3.8) is 0 Å². The Morgan fingerprint density at radius 2 is 1.92 bits per heavy atom. The fraction of sp³-hybridized carbons (Fsp3) is 0.421. The van der Waals surface area contributed by atoms with E-state index in [1.54, 1.807) is 6.07 Å². The van der Waals surface area contributed by atoms with Gasteiger partial charge in [0.05, 0.1) is 5.57 Å². The Morgan fingerprint density at radius 3 is 2.58 bits per heavy atom. The van der Waals surface area contributed by atoms with Gasteiger partial charge >= 0.3 is 12.1 Å². The first-order chi connectivity index (χ1) is 12.3. The van der Waals surface area contributed by atoms with Crippen molar-refractivity contribution in [2.24, 2.45) is 5.92 Å². The van der Waals surface area contributed by atoms with Gasteiger partial charge in [-0.15, -0.1) is 0 Å². The van der Waals surface area contributed by atoms with Crippen LogP contribution < -0.4 is 4.74 Å². The van der Waals surface area contributed by atoms with E-state index in [2.05, 4.69) is 0 Å². The third kappa shape index (κ3) is 3.06. The Labute approximate surface area is 147 Å². The monoisotopic (exact) mass is 366 g/mol. The predicted octanol–water partition coefficient (Wildman–Crippen LogP) is 4.96. The second-order valence-electron chi connectivity index (χ2n) is 6.94. The van der Waals surface area contributed by atoms with Crippen LogP contribution in [-0.4, -0.2) is 23.4 Å². The summed E-state index contributed by atoms with van der Waals surface area (Å²) in [5.41, 5.74) is -0.0625. The van der Waals surface area contributed by atoms with E-state index in [4.69, 9.17) is 14.3 Å². The number of hydrogen-bond acceptors (Lipinski definition) is 3. The van der Waals surface area contributed by atoms with Gasteiger partial charge in [0.15, 0.2) is 0 Å². The minimum absolute atomic E-state index is 0.0217. The van der Waals surface area contributed by atoms with Crippen molar-refractivity contribution < 1.29 is 32.2 Å². The van der Waals surface area contributed by atoms with E-state index in [0.29, 0.717) is 17.1 Å². The maximum atomic E-state index is 13.1. The summed E-state index contributed by atoms with van der Waals surface area (Å²) < 4.78 is 50.2. The molecule has 1 aromatic heterocycles. The van der Waals surface area contributed by atoms with Crippen LogP contribution in [0.15, 0.2) is 28.2 Å². The molecule has 26 heavy (non-hydrogen) atoms. The van der Waals surface area contributed by atoms with Gasteiger partial charge in [-0.2, -0.15) is 13.2 Å². The van der Waals surface area contributed by atoms with E-state index in [1.165, 1.54) is 18.9 Å². The smallest absolute Gasteiger partial charge is 0.430 e. The molecule has 0 saturated heterocycles. The lowest BCUT2D eigenvalue weighted by atomic mass is 9.99. The summed E-state index contributed by atoms with van der Waals surface area (Å²) in [5.74, 6) is -0.294. The first-order valence-electron chi connectivity index (χ1n) is 8.56. The van der Waals surface area contributed by atoms with E-state index in [9.17, 15) is 18.0 Å². The Bertz CT molecular complexity index is 888. The minimum Gasteiger partial charge on any atom is -0.478 e. The van der Waals surface area contributed by atoms with Crippen molar-refractivity contribution in [3.8, 4) is 5.75 Å². The first-order valence-corrected chi connectivity index (χ1v) is 8.56. The Kier molecular flexibility index (Phi) is 3.97. The maximum Gasteiger partial charge on any atom is 0.430 e. The number of benzene rings is 1. The number of fused-ring (bicyclic) bond motifs is 2. The highest BCUT2D eigenvalue weighted by Crippen LogP contribution is 2.40. The number of carboxylic acid groups (broad SMARTS) is 1. The molecule has 4 nitrogen and oxygen atoms in total. The number of ether oxygens (including phenoxy) is 1. The number of carbonyl (C=O) groups is 1. The molecule has 1 aliphatic heterocycles. The largest absolute Gasteiger partial charge is 0.478 e. The van der Waals surface area contributed by atoms with Crippen molar-refractivity contribution in [3.05, 3.63) is 35.1 Å². The Morgan fingerprint density at radius 1 is 1.19 bits per heavy atom. The molecule has 1 unspecified atom stereocenters. The second-order valence-corrected chi connectivity index (χ2v) is 6.94. The molecular weight excluding hydrogens is 349 g/mol. The summed E-state index contributed by atoms with van der Waals surface area (Å²) in [4.78, 5) is 11.2. The SMILES string of the molecule is O=C(O)C1=Cc2cc3cc(CC4CCCC4)oc3cc2OC1C(F)(F)F. The van der Waals surface area contributed by atoms with Gasteiger partial charge in [-0.25, -0.2) is 4.79 Å². The molecule has 2 aliphatic rings. The van der Waals surface area contributed by atoms with Gasteiger partial charge in [0, 0.05) is 23.4 Å². The maximum absolute atomic E-state index is 13.1. The molecule has 1 N–H and O–H groups in total. The minimum atomic E-state index is -4.81. The molecule has 2 heterocycles. The van der Waals surface area contributed by atoms with E-state index in [1.807, 2.05) is 6.07 Å². The summed E-state index contributed by atoms with van der Waals surface area (Å²) in [5, 5.41) is 9.84. The van der Waals surface area contributed by atoms with Crippen molar-refractivity contribution in [1.82, 2.24) is 0 Å². The highest BCUT2D eigenvalue weighted by Gasteiger charge is 2.48. The first kappa shape index (κ1) is 17.0. The zero-order valence-corrected chi connectivity index (χ0v) is 13.8. The molecule has 7 heteroatoms. The van der Waals surface area contributed by atoms with Crippen molar-refractivity contribution in [1.29, 1.82) is 0 Å². The van der Waals surface area contributed by atoms with Gasteiger partial charge < -0.3 is 14.3 Å². The number of alkyl halides is 3. The topological polar surface area (TPSA) is 59.7 Å². The molecule has 1 atom stereocenters. The third-order valence-electron chi connectivity index (χ3n) is 5.05. The molecule has 1 saturated carbocycles. The molecule has 0 bridgehead atoms. The van der Waals surface area contributed by atoms with Crippen molar-refractivity contribution in [2.45, 2.75) is 44.4 Å². The van der Waals surface area contributed by atoms with Crippen LogP contribution in [-0.2, 0) is 11.2 Å². The fourth-order valence-electron chi connectivity index (χ4n) is 3.81. The number of hydrogen-bond donors (Lipinski definition) is 1. The van der Waals surface area contributed by atoms with Crippen LogP contribution in [0.3, 0.4) is 0 Å². The van der Waals surface area contributed by atoms with E-state index < -0.39 is 23.8 Å². The predicted molar refractivity (Wildman–Crippen MR) is 88.0 cm³/mol. The van der Waals surface area contributed by atoms with Crippen molar-refractivity contribution >= 4 is 23.0 Å². The lowest BCUT2D eigenvalue weighted by Gasteiger charge is -2.26. The van der Waals surface area contributed by atoms with E-state index in [0.717, 1.165) is 36.5 Å². The van der Waals surface area contributed by atoms with Gasteiger partial charge in [-0.3, -0.25) is 0 Å². The lowest BCUT2D eigenvalue weighted by Crippen LogP contribution is -2.40. The Balaban J connectivity index is 1.71. The van der Waals surface area contributed by atoms with Crippen LogP contribution in [0.25, 0.3) is 17.0 Å². The quantitative estimate of drug-likeness (QED) is 0.834. The molecule has 0 radical (unpaired) electrons.